The summed E-state index contributed by atoms with van der Waals surface area (Å²) >= 11 is 12.1. The Labute approximate surface area is 109 Å². The van der Waals surface area contributed by atoms with Gasteiger partial charge in [-0.1, -0.05) is 11.6 Å². The monoisotopic (exact) mass is 275 g/mol. The molecule has 1 aromatic heterocycles. The molecule has 17 heavy (non-hydrogen) atoms. The van der Waals surface area contributed by atoms with E-state index in [0.717, 1.165) is 5.56 Å². The minimum atomic E-state index is -0.459. The van der Waals surface area contributed by atoms with Gasteiger partial charge in [0.15, 0.2) is 10.9 Å². The van der Waals surface area contributed by atoms with Crippen LogP contribution in [0.2, 0.25) is 5.15 Å². The SMILES string of the molecule is CC(=O)OC(C)c1cc2c(c(Cl)n1)OCC2Cl. The molecule has 0 spiro atoms. The third kappa shape index (κ3) is 2.48. The predicted octanol–water partition coefficient (Wildman–Crippen LogP) is 3.03. The molecule has 0 saturated heterocycles. The number of carbonyl (C=O) groups excluding carboxylic acids is 1. The van der Waals surface area contributed by atoms with Crippen molar-refractivity contribution < 1.29 is 14.3 Å². The number of nitrogens with zero attached hydrogens (tertiary/aromatic N) is 1. The molecule has 2 atom stereocenters. The highest BCUT2D eigenvalue weighted by atomic mass is 35.5. The fourth-order valence-corrected chi connectivity index (χ4v) is 2.17. The summed E-state index contributed by atoms with van der Waals surface area (Å²) in [5, 5.41) is 0.00781. The average Bonchev–Trinajstić information content (AvgIpc) is 2.60. The van der Waals surface area contributed by atoms with Gasteiger partial charge in [-0.15, -0.1) is 11.6 Å². The summed E-state index contributed by atoms with van der Waals surface area (Å²) in [4.78, 5) is 15.0. The molecule has 0 aliphatic carbocycles. The minimum absolute atomic E-state index is 0.242. The van der Waals surface area contributed by atoms with Crippen molar-refractivity contribution in [1.29, 1.82) is 0 Å². The van der Waals surface area contributed by atoms with Gasteiger partial charge in [0, 0.05) is 12.5 Å². The molecule has 1 aliphatic rings. The van der Waals surface area contributed by atoms with Gasteiger partial charge in [-0.2, -0.15) is 0 Å². The van der Waals surface area contributed by atoms with Crippen molar-refractivity contribution in [3.05, 3.63) is 22.5 Å². The Morgan fingerprint density at radius 3 is 3.06 bits per heavy atom. The fraction of sp³-hybridized carbons (Fsp3) is 0.455. The number of esters is 1. The summed E-state index contributed by atoms with van der Waals surface area (Å²) < 4.78 is 10.4. The second-order valence-electron chi connectivity index (χ2n) is 3.79. The number of carbonyl (C=O) groups is 1. The van der Waals surface area contributed by atoms with Gasteiger partial charge < -0.3 is 9.47 Å². The Kier molecular flexibility index (Phi) is 3.45. The third-order valence-electron chi connectivity index (χ3n) is 2.45. The maximum Gasteiger partial charge on any atom is 0.303 e. The van der Waals surface area contributed by atoms with Crippen molar-refractivity contribution in [2.24, 2.45) is 0 Å². The zero-order valence-corrected chi connectivity index (χ0v) is 10.9. The van der Waals surface area contributed by atoms with E-state index in [9.17, 15) is 4.79 Å². The molecule has 0 saturated carbocycles. The van der Waals surface area contributed by atoms with Crippen molar-refractivity contribution in [3.8, 4) is 5.75 Å². The molecule has 92 valence electrons. The van der Waals surface area contributed by atoms with Gasteiger partial charge in [-0.05, 0) is 13.0 Å². The first-order valence-electron chi connectivity index (χ1n) is 5.13. The zero-order chi connectivity index (χ0) is 12.6. The summed E-state index contributed by atoms with van der Waals surface area (Å²) in [7, 11) is 0. The molecule has 1 aliphatic heterocycles. The molecule has 2 heterocycles. The molecule has 1 aromatic rings. The first-order valence-corrected chi connectivity index (χ1v) is 5.95. The Morgan fingerprint density at radius 1 is 1.71 bits per heavy atom. The summed E-state index contributed by atoms with van der Waals surface area (Å²) in [6, 6.07) is 1.76. The summed E-state index contributed by atoms with van der Waals surface area (Å²) in [6.07, 6.45) is -0.459. The predicted molar refractivity (Wildman–Crippen MR) is 63.5 cm³/mol. The fourth-order valence-electron chi connectivity index (χ4n) is 1.68. The maximum absolute atomic E-state index is 10.9. The highest BCUT2D eigenvalue weighted by molar-refractivity contribution is 6.31. The molecule has 2 rings (SSSR count). The molecular formula is C11H11Cl2NO3. The van der Waals surface area contributed by atoms with Gasteiger partial charge in [0.05, 0.1) is 11.1 Å². The third-order valence-corrected chi connectivity index (χ3v) is 3.07. The van der Waals surface area contributed by atoms with Gasteiger partial charge in [-0.25, -0.2) is 4.98 Å². The normalized spacial score (nSPS) is 19.4. The van der Waals surface area contributed by atoms with Gasteiger partial charge in [0.25, 0.3) is 0 Å². The van der Waals surface area contributed by atoms with Crippen LogP contribution in [0.3, 0.4) is 0 Å². The van der Waals surface area contributed by atoms with Crippen molar-refractivity contribution in [1.82, 2.24) is 4.98 Å². The molecule has 0 N–H and O–H groups in total. The van der Waals surface area contributed by atoms with E-state index < -0.39 is 6.10 Å². The van der Waals surface area contributed by atoms with E-state index in [1.54, 1.807) is 13.0 Å². The lowest BCUT2D eigenvalue weighted by Gasteiger charge is -2.13. The van der Waals surface area contributed by atoms with E-state index >= 15 is 0 Å². The molecule has 4 nitrogen and oxygen atoms in total. The van der Waals surface area contributed by atoms with Crippen LogP contribution in [0.15, 0.2) is 6.07 Å². The van der Waals surface area contributed by atoms with Gasteiger partial charge in [-0.3, -0.25) is 4.79 Å². The number of aromatic nitrogens is 1. The molecule has 6 heteroatoms. The molecular weight excluding hydrogens is 265 g/mol. The van der Waals surface area contributed by atoms with Crippen LogP contribution in [0, 0.1) is 0 Å². The van der Waals surface area contributed by atoms with E-state index in [0.29, 0.717) is 18.1 Å². The van der Waals surface area contributed by atoms with Crippen LogP contribution in [0.4, 0.5) is 0 Å². The van der Waals surface area contributed by atoms with Gasteiger partial charge in [0.2, 0.25) is 0 Å². The number of halogens is 2. The summed E-state index contributed by atoms with van der Waals surface area (Å²) in [5.41, 5.74) is 1.36. The van der Waals surface area contributed by atoms with E-state index in [1.807, 2.05) is 0 Å². The van der Waals surface area contributed by atoms with Crippen LogP contribution in [0.1, 0.15) is 36.6 Å². The molecule has 0 bridgehead atoms. The van der Waals surface area contributed by atoms with Crippen LogP contribution in [0.5, 0.6) is 5.75 Å². The van der Waals surface area contributed by atoms with Gasteiger partial charge in [0.1, 0.15) is 12.7 Å². The lowest BCUT2D eigenvalue weighted by molar-refractivity contribution is -0.145. The highest BCUT2D eigenvalue weighted by Gasteiger charge is 2.27. The van der Waals surface area contributed by atoms with E-state index in [-0.39, 0.29) is 16.5 Å². The quantitative estimate of drug-likeness (QED) is 0.473. The average molecular weight is 276 g/mol. The van der Waals surface area contributed by atoms with Crippen molar-refractivity contribution in [3.63, 3.8) is 0 Å². The Morgan fingerprint density at radius 2 is 2.41 bits per heavy atom. The second kappa shape index (κ2) is 4.70. The largest absolute Gasteiger partial charge is 0.488 e. The van der Waals surface area contributed by atoms with E-state index in [4.69, 9.17) is 32.7 Å². The van der Waals surface area contributed by atoms with Crippen LogP contribution in [-0.4, -0.2) is 17.6 Å². The number of fused-ring (bicyclic) bond motifs is 1. The van der Waals surface area contributed by atoms with Crippen LogP contribution < -0.4 is 4.74 Å². The van der Waals surface area contributed by atoms with E-state index in [2.05, 4.69) is 4.98 Å². The maximum atomic E-state index is 10.9. The smallest absolute Gasteiger partial charge is 0.303 e. The minimum Gasteiger partial charge on any atom is -0.488 e. The van der Waals surface area contributed by atoms with Crippen molar-refractivity contribution >= 4 is 29.2 Å². The van der Waals surface area contributed by atoms with Crippen LogP contribution in [-0.2, 0) is 9.53 Å². The molecule has 2 unspecified atom stereocenters. The number of hydrogen-bond acceptors (Lipinski definition) is 4. The molecule has 0 amide bonds. The molecule has 0 radical (unpaired) electrons. The molecule has 0 aromatic carbocycles. The zero-order valence-electron chi connectivity index (χ0n) is 9.37. The van der Waals surface area contributed by atoms with Gasteiger partial charge >= 0.3 is 5.97 Å². The van der Waals surface area contributed by atoms with E-state index in [1.165, 1.54) is 6.92 Å². The Bertz CT molecular complexity index is 464. The lowest BCUT2D eigenvalue weighted by atomic mass is 10.1. The first-order chi connectivity index (χ1) is 7.99. The topological polar surface area (TPSA) is 48.4 Å². The number of pyridine rings is 1. The summed E-state index contributed by atoms with van der Waals surface area (Å²) in [6.45, 7) is 3.45. The van der Waals surface area contributed by atoms with Crippen molar-refractivity contribution in [2.45, 2.75) is 25.3 Å². The number of ether oxygens (including phenoxy) is 2. The second-order valence-corrected chi connectivity index (χ2v) is 4.67. The number of hydrogen-bond donors (Lipinski definition) is 0. The first kappa shape index (κ1) is 12.5. The Balaban J connectivity index is 2.34. The van der Waals surface area contributed by atoms with Crippen molar-refractivity contribution in [2.75, 3.05) is 6.61 Å². The van der Waals surface area contributed by atoms with Crippen LogP contribution in [0.25, 0.3) is 0 Å². The van der Waals surface area contributed by atoms with Crippen LogP contribution >= 0.6 is 23.2 Å². The number of rotatable bonds is 2. The highest BCUT2D eigenvalue weighted by Crippen LogP contribution is 2.41. The Hall–Kier alpha value is -1.00. The summed E-state index contributed by atoms with van der Waals surface area (Å²) in [5.74, 6) is 0.153. The molecule has 0 fully saturated rings. The standard InChI is InChI=1S/C11H11Cl2NO3/c1-5(17-6(2)15)9-3-7-8(12)4-16-10(7)11(13)14-9/h3,5,8H,4H2,1-2H3. The number of alkyl halides is 1. The lowest BCUT2D eigenvalue weighted by Crippen LogP contribution is -2.07.